The molecule has 0 spiro atoms. The van der Waals surface area contributed by atoms with Crippen molar-refractivity contribution in [2.24, 2.45) is 0 Å². The van der Waals surface area contributed by atoms with Gasteiger partial charge in [-0.25, -0.2) is 4.98 Å². The lowest BCUT2D eigenvalue weighted by Gasteiger charge is -2.11. The second-order valence-electron chi connectivity index (χ2n) is 8.41. The van der Waals surface area contributed by atoms with Crippen molar-refractivity contribution >= 4 is 33.5 Å². The van der Waals surface area contributed by atoms with E-state index in [-0.39, 0.29) is 5.91 Å². The van der Waals surface area contributed by atoms with Gasteiger partial charge in [-0.15, -0.1) is 0 Å². The Morgan fingerprint density at radius 3 is 2.59 bits per heavy atom. The molecule has 5 aromatic rings. The van der Waals surface area contributed by atoms with Gasteiger partial charge in [0.2, 0.25) is 5.89 Å². The third kappa shape index (κ3) is 3.65. The highest BCUT2D eigenvalue weighted by atomic mass is 16.3. The average Bonchev–Trinajstić information content (AvgIpc) is 3.23. The molecule has 0 unspecified atom stereocenters. The molecule has 4 nitrogen and oxygen atoms in total. The summed E-state index contributed by atoms with van der Waals surface area (Å²) in [5, 5.41) is 5.05. The van der Waals surface area contributed by atoms with Crippen molar-refractivity contribution in [3.63, 3.8) is 0 Å². The lowest BCUT2D eigenvalue weighted by Crippen LogP contribution is -2.13. The molecule has 0 aliphatic rings. The third-order valence-electron chi connectivity index (χ3n) is 5.85. The number of carbonyl (C=O) groups excluding carboxylic acids is 1. The minimum absolute atomic E-state index is 0.138. The van der Waals surface area contributed by atoms with Gasteiger partial charge in [-0.05, 0) is 65.1 Å². The molecule has 5 rings (SSSR count). The summed E-state index contributed by atoms with van der Waals surface area (Å²) in [4.78, 5) is 17.8. The number of fused-ring (bicyclic) bond motifs is 2. The van der Waals surface area contributed by atoms with Crippen LogP contribution in [0, 0.1) is 6.92 Å². The van der Waals surface area contributed by atoms with Crippen molar-refractivity contribution in [1.82, 2.24) is 4.98 Å². The first-order chi connectivity index (χ1) is 15.5. The van der Waals surface area contributed by atoms with Gasteiger partial charge in [-0.3, -0.25) is 4.79 Å². The maximum absolute atomic E-state index is 13.1. The van der Waals surface area contributed by atoms with Crippen LogP contribution >= 0.6 is 0 Å². The summed E-state index contributed by atoms with van der Waals surface area (Å²) in [5.41, 5.74) is 6.01. The SMILES string of the molecule is Cc1ccc(-c2nc3cc(C(C)C)ccc3o2)cc1NC(=O)c1cccc2ccccc12. The predicted octanol–water partition coefficient (Wildman–Crippen LogP) is 7.33. The second-order valence-corrected chi connectivity index (χ2v) is 8.41. The van der Waals surface area contributed by atoms with E-state index in [9.17, 15) is 4.79 Å². The maximum Gasteiger partial charge on any atom is 0.256 e. The first-order valence-corrected chi connectivity index (χ1v) is 10.8. The lowest BCUT2D eigenvalue weighted by atomic mass is 10.0. The zero-order valence-corrected chi connectivity index (χ0v) is 18.3. The summed E-state index contributed by atoms with van der Waals surface area (Å²) >= 11 is 0. The Labute approximate surface area is 186 Å². The van der Waals surface area contributed by atoms with E-state index in [4.69, 9.17) is 9.40 Å². The molecule has 1 heterocycles. The van der Waals surface area contributed by atoms with Gasteiger partial charge in [-0.1, -0.05) is 62.4 Å². The number of aromatic nitrogens is 1. The monoisotopic (exact) mass is 420 g/mol. The number of benzene rings is 4. The van der Waals surface area contributed by atoms with Crippen LogP contribution in [0.4, 0.5) is 5.69 Å². The summed E-state index contributed by atoms with van der Waals surface area (Å²) < 4.78 is 6.01. The molecule has 0 aliphatic heterocycles. The molecule has 0 atom stereocenters. The van der Waals surface area contributed by atoms with E-state index in [2.05, 4.69) is 31.3 Å². The molecule has 0 saturated heterocycles. The molecular formula is C28H24N2O2. The van der Waals surface area contributed by atoms with Gasteiger partial charge in [0, 0.05) is 16.8 Å². The van der Waals surface area contributed by atoms with Gasteiger partial charge in [0.15, 0.2) is 5.58 Å². The molecule has 0 aliphatic carbocycles. The first-order valence-electron chi connectivity index (χ1n) is 10.8. The summed E-state index contributed by atoms with van der Waals surface area (Å²) in [5.74, 6) is 0.831. The molecule has 0 radical (unpaired) electrons. The Hall–Kier alpha value is -3.92. The van der Waals surface area contributed by atoms with E-state index in [1.807, 2.05) is 73.7 Å². The van der Waals surface area contributed by atoms with Gasteiger partial charge < -0.3 is 9.73 Å². The summed E-state index contributed by atoms with van der Waals surface area (Å²) in [6, 6.07) is 25.7. The van der Waals surface area contributed by atoms with Gasteiger partial charge in [0.05, 0.1) is 0 Å². The van der Waals surface area contributed by atoms with Crippen LogP contribution in [-0.2, 0) is 0 Å². The predicted molar refractivity (Wildman–Crippen MR) is 130 cm³/mol. The van der Waals surface area contributed by atoms with Crippen molar-refractivity contribution < 1.29 is 9.21 Å². The van der Waals surface area contributed by atoms with Crippen molar-refractivity contribution in [2.75, 3.05) is 5.32 Å². The molecule has 0 saturated carbocycles. The van der Waals surface area contributed by atoms with Gasteiger partial charge >= 0.3 is 0 Å². The molecular weight excluding hydrogens is 396 g/mol. The number of aryl methyl sites for hydroxylation is 1. The second kappa shape index (κ2) is 7.97. The van der Waals surface area contributed by atoms with Crippen LogP contribution in [0.3, 0.4) is 0 Å². The highest BCUT2D eigenvalue weighted by Gasteiger charge is 2.14. The Morgan fingerprint density at radius 2 is 1.75 bits per heavy atom. The zero-order chi connectivity index (χ0) is 22.2. The zero-order valence-electron chi connectivity index (χ0n) is 18.3. The van der Waals surface area contributed by atoms with E-state index in [0.29, 0.717) is 17.4 Å². The molecule has 32 heavy (non-hydrogen) atoms. The van der Waals surface area contributed by atoms with Crippen molar-refractivity contribution in [1.29, 1.82) is 0 Å². The van der Waals surface area contributed by atoms with Crippen molar-refractivity contribution in [2.45, 2.75) is 26.7 Å². The largest absolute Gasteiger partial charge is 0.436 e. The minimum atomic E-state index is -0.138. The fraction of sp³-hybridized carbons (Fsp3) is 0.143. The average molecular weight is 421 g/mol. The van der Waals surface area contributed by atoms with E-state index in [1.165, 1.54) is 5.56 Å². The molecule has 0 bridgehead atoms. The van der Waals surface area contributed by atoms with Crippen LogP contribution in [0.2, 0.25) is 0 Å². The van der Waals surface area contributed by atoms with Crippen LogP contribution in [0.5, 0.6) is 0 Å². The Balaban J connectivity index is 1.49. The van der Waals surface area contributed by atoms with Gasteiger partial charge in [0.25, 0.3) is 5.91 Å². The number of hydrogen-bond donors (Lipinski definition) is 1. The molecule has 0 fully saturated rings. The highest BCUT2D eigenvalue weighted by molar-refractivity contribution is 6.13. The van der Waals surface area contributed by atoms with Crippen molar-refractivity contribution in [3.8, 4) is 11.5 Å². The topological polar surface area (TPSA) is 55.1 Å². The van der Waals surface area contributed by atoms with E-state index in [1.54, 1.807) is 0 Å². The smallest absolute Gasteiger partial charge is 0.256 e. The fourth-order valence-electron chi connectivity index (χ4n) is 3.93. The van der Waals surface area contributed by atoms with Crippen molar-refractivity contribution in [3.05, 3.63) is 95.6 Å². The number of nitrogens with zero attached hydrogens (tertiary/aromatic N) is 1. The number of nitrogens with one attached hydrogen (secondary N) is 1. The molecule has 1 aromatic heterocycles. The lowest BCUT2D eigenvalue weighted by molar-refractivity contribution is 0.102. The number of hydrogen-bond acceptors (Lipinski definition) is 3. The van der Waals surface area contributed by atoms with Crippen LogP contribution in [-0.4, -0.2) is 10.9 Å². The van der Waals surface area contributed by atoms with E-state index in [0.717, 1.165) is 38.7 Å². The minimum Gasteiger partial charge on any atom is -0.436 e. The molecule has 1 N–H and O–H groups in total. The Morgan fingerprint density at radius 1 is 0.938 bits per heavy atom. The number of rotatable bonds is 4. The number of oxazole rings is 1. The van der Waals surface area contributed by atoms with Crippen LogP contribution in [0.25, 0.3) is 33.3 Å². The number of carbonyl (C=O) groups is 1. The number of anilines is 1. The fourth-order valence-corrected chi connectivity index (χ4v) is 3.93. The Bertz CT molecular complexity index is 1460. The van der Waals surface area contributed by atoms with E-state index < -0.39 is 0 Å². The Kier molecular flexibility index (Phi) is 4.98. The summed E-state index contributed by atoms with van der Waals surface area (Å²) in [6.45, 7) is 6.30. The standard InChI is InChI=1S/C28H24N2O2/c1-17(2)20-13-14-26-25(15-20)30-28(32-26)21-12-11-18(3)24(16-21)29-27(31)23-10-6-8-19-7-4-5-9-22(19)23/h4-17H,1-3H3,(H,29,31). The molecule has 158 valence electrons. The van der Waals surface area contributed by atoms with Crippen LogP contribution in [0.1, 0.15) is 41.3 Å². The summed E-state index contributed by atoms with van der Waals surface area (Å²) in [6.07, 6.45) is 0. The summed E-state index contributed by atoms with van der Waals surface area (Å²) in [7, 11) is 0. The van der Waals surface area contributed by atoms with Crippen LogP contribution < -0.4 is 5.32 Å². The molecule has 4 heteroatoms. The van der Waals surface area contributed by atoms with E-state index >= 15 is 0 Å². The van der Waals surface area contributed by atoms with Crippen LogP contribution in [0.15, 0.2) is 83.3 Å². The third-order valence-corrected chi connectivity index (χ3v) is 5.85. The normalized spacial score (nSPS) is 11.4. The van der Waals surface area contributed by atoms with Gasteiger partial charge in [0.1, 0.15) is 5.52 Å². The highest BCUT2D eigenvalue weighted by Crippen LogP contribution is 2.30. The maximum atomic E-state index is 13.1. The molecule has 1 amide bonds. The van der Waals surface area contributed by atoms with Gasteiger partial charge in [-0.2, -0.15) is 0 Å². The first kappa shape index (κ1) is 20.0. The molecule has 4 aromatic carbocycles. The number of amides is 1. The quantitative estimate of drug-likeness (QED) is 0.331.